The average Bonchev–Trinajstić information content (AvgIpc) is 2.63. The number of urea groups is 1. The van der Waals surface area contributed by atoms with Crippen LogP contribution in [0, 0.1) is 0 Å². The lowest BCUT2D eigenvalue weighted by Gasteiger charge is -2.12. The predicted octanol–water partition coefficient (Wildman–Crippen LogP) is 1.14. The van der Waals surface area contributed by atoms with Crippen molar-refractivity contribution in [3.8, 4) is 0 Å². The van der Waals surface area contributed by atoms with Gasteiger partial charge in [0, 0.05) is 7.05 Å². The van der Waals surface area contributed by atoms with Crippen LogP contribution in [0.1, 0.15) is 0 Å². The van der Waals surface area contributed by atoms with Crippen molar-refractivity contribution in [2.24, 2.45) is 0 Å². The summed E-state index contributed by atoms with van der Waals surface area (Å²) < 4.78 is 4.46. The first-order valence-corrected chi connectivity index (χ1v) is 5.53. The summed E-state index contributed by atoms with van der Waals surface area (Å²) in [4.78, 5) is 37.5. The second-order valence-electron chi connectivity index (χ2n) is 3.87. The van der Waals surface area contributed by atoms with Crippen LogP contribution in [-0.4, -0.2) is 37.0 Å². The highest BCUT2D eigenvalue weighted by Crippen LogP contribution is 2.25. The Kier molecular flexibility index (Phi) is 3.33. The second-order valence-corrected chi connectivity index (χ2v) is 3.87. The fraction of sp³-hybridized carbons (Fsp3) is 0.154. The van der Waals surface area contributed by atoms with E-state index in [1.165, 1.54) is 14.2 Å². The molecule has 0 atom stereocenters. The standard InChI is InChI=1S/C13H12N2O4/c1-14-10(8-11(16)19-2)12(17)15(13(14)18)9-6-4-3-5-7-9/h3-8H,1-2H3. The van der Waals surface area contributed by atoms with Crippen molar-refractivity contribution >= 4 is 23.6 Å². The van der Waals surface area contributed by atoms with Gasteiger partial charge in [-0.3, -0.25) is 9.69 Å². The second kappa shape index (κ2) is 4.93. The van der Waals surface area contributed by atoms with Crippen molar-refractivity contribution < 1.29 is 19.1 Å². The molecule has 1 aliphatic rings. The monoisotopic (exact) mass is 260 g/mol. The molecule has 0 bridgehead atoms. The van der Waals surface area contributed by atoms with Crippen LogP contribution >= 0.6 is 0 Å². The fourth-order valence-corrected chi connectivity index (χ4v) is 1.73. The van der Waals surface area contributed by atoms with Crippen molar-refractivity contribution in [3.05, 3.63) is 42.1 Å². The molecule has 1 aromatic carbocycles. The summed E-state index contributed by atoms with van der Waals surface area (Å²) in [6, 6.07) is 8.00. The Hall–Kier alpha value is -2.63. The van der Waals surface area contributed by atoms with Gasteiger partial charge in [-0.2, -0.15) is 0 Å². The van der Waals surface area contributed by atoms with Gasteiger partial charge in [0.2, 0.25) is 0 Å². The third-order valence-electron chi connectivity index (χ3n) is 2.73. The maximum absolute atomic E-state index is 12.2. The lowest BCUT2D eigenvalue weighted by atomic mass is 10.3. The van der Waals surface area contributed by atoms with E-state index in [0.717, 1.165) is 15.9 Å². The number of amides is 3. The smallest absolute Gasteiger partial charge is 0.336 e. The number of anilines is 1. The van der Waals surface area contributed by atoms with Gasteiger partial charge in [-0.25, -0.2) is 14.5 Å². The van der Waals surface area contributed by atoms with E-state index >= 15 is 0 Å². The Morgan fingerprint density at radius 3 is 2.42 bits per heavy atom. The number of nitrogens with zero attached hydrogens (tertiary/aromatic N) is 2. The molecule has 1 saturated heterocycles. The van der Waals surface area contributed by atoms with Crippen LogP contribution in [-0.2, 0) is 14.3 Å². The summed E-state index contributed by atoms with van der Waals surface area (Å²) in [7, 11) is 2.63. The Bertz CT molecular complexity index is 565. The van der Waals surface area contributed by atoms with Gasteiger partial charge >= 0.3 is 12.0 Å². The van der Waals surface area contributed by atoms with Crippen LogP contribution in [0.4, 0.5) is 10.5 Å². The number of hydrogen-bond acceptors (Lipinski definition) is 4. The number of carbonyl (C=O) groups excluding carboxylic acids is 3. The summed E-state index contributed by atoms with van der Waals surface area (Å²) >= 11 is 0. The summed E-state index contributed by atoms with van der Waals surface area (Å²) in [6.07, 6.45) is 1.00. The third-order valence-corrected chi connectivity index (χ3v) is 2.73. The molecule has 1 aromatic rings. The summed E-state index contributed by atoms with van der Waals surface area (Å²) in [6.45, 7) is 0. The molecule has 2 rings (SSSR count). The van der Waals surface area contributed by atoms with Gasteiger partial charge in [0.05, 0.1) is 18.9 Å². The molecule has 6 nitrogen and oxygen atoms in total. The molecule has 0 aliphatic carbocycles. The number of imide groups is 1. The minimum atomic E-state index is -0.682. The van der Waals surface area contributed by atoms with Gasteiger partial charge in [-0.15, -0.1) is 0 Å². The van der Waals surface area contributed by atoms with E-state index in [1.54, 1.807) is 30.3 Å². The first kappa shape index (κ1) is 12.8. The molecule has 3 amide bonds. The number of rotatable bonds is 2. The molecule has 0 unspecified atom stereocenters. The summed E-state index contributed by atoms with van der Waals surface area (Å²) in [5, 5.41) is 0. The van der Waals surface area contributed by atoms with Crippen LogP contribution in [0.25, 0.3) is 0 Å². The molecule has 0 N–H and O–H groups in total. The van der Waals surface area contributed by atoms with Crippen molar-refractivity contribution in [1.29, 1.82) is 0 Å². The van der Waals surface area contributed by atoms with Gasteiger partial charge in [-0.05, 0) is 12.1 Å². The molecular weight excluding hydrogens is 248 g/mol. The minimum Gasteiger partial charge on any atom is -0.466 e. The Morgan fingerprint density at radius 2 is 1.84 bits per heavy atom. The first-order chi connectivity index (χ1) is 9.06. The zero-order valence-corrected chi connectivity index (χ0v) is 10.5. The molecule has 0 aromatic heterocycles. The molecular formula is C13H12N2O4. The quantitative estimate of drug-likeness (QED) is 0.454. The van der Waals surface area contributed by atoms with Gasteiger partial charge in [0.15, 0.2) is 0 Å². The Morgan fingerprint density at radius 1 is 1.21 bits per heavy atom. The largest absolute Gasteiger partial charge is 0.466 e. The van der Waals surface area contributed by atoms with Crippen molar-refractivity contribution in [3.63, 3.8) is 0 Å². The van der Waals surface area contributed by atoms with E-state index in [9.17, 15) is 14.4 Å². The number of esters is 1. The van der Waals surface area contributed by atoms with E-state index < -0.39 is 17.9 Å². The molecule has 0 spiro atoms. The third kappa shape index (κ3) is 2.20. The zero-order valence-electron chi connectivity index (χ0n) is 10.5. The minimum absolute atomic E-state index is 0.0132. The number of ether oxygens (including phenoxy) is 1. The molecule has 6 heteroatoms. The number of para-hydroxylation sites is 1. The Balaban J connectivity index is 2.40. The molecule has 1 aliphatic heterocycles. The van der Waals surface area contributed by atoms with Crippen LogP contribution in [0.2, 0.25) is 0 Å². The molecule has 1 heterocycles. The zero-order chi connectivity index (χ0) is 14.0. The Labute approximate surface area is 109 Å². The SMILES string of the molecule is COC(=O)C=C1C(=O)N(c2ccccc2)C(=O)N1C. The van der Waals surface area contributed by atoms with Gasteiger partial charge in [0.1, 0.15) is 5.70 Å². The van der Waals surface area contributed by atoms with E-state index in [4.69, 9.17) is 0 Å². The van der Waals surface area contributed by atoms with Crippen LogP contribution in [0.3, 0.4) is 0 Å². The highest BCUT2D eigenvalue weighted by Gasteiger charge is 2.40. The average molecular weight is 260 g/mol. The lowest BCUT2D eigenvalue weighted by Crippen LogP contribution is -2.31. The number of benzene rings is 1. The lowest BCUT2D eigenvalue weighted by molar-refractivity contribution is -0.135. The van der Waals surface area contributed by atoms with Gasteiger partial charge < -0.3 is 4.74 Å². The number of carbonyl (C=O) groups is 3. The van der Waals surface area contributed by atoms with E-state index in [2.05, 4.69) is 4.74 Å². The predicted molar refractivity (Wildman–Crippen MR) is 67.2 cm³/mol. The summed E-state index contributed by atoms with van der Waals surface area (Å²) in [5.41, 5.74) is 0.443. The topological polar surface area (TPSA) is 66.9 Å². The maximum Gasteiger partial charge on any atom is 0.336 e. The maximum atomic E-state index is 12.2. The first-order valence-electron chi connectivity index (χ1n) is 5.53. The normalized spacial score (nSPS) is 17.3. The van der Waals surface area contributed by atoms with Crippen LogP contribution in [0.5, 0.6) is 0 Å². The van der Waals surface area contributed by atoms with E-state index in [-0.39, 0.29) is 5.70 Å². The highest BCUT2D eigenvalue weighted by molar-refractivity contribution is 6.27. The summed E-state index contributed by atoms with van der Waals surface area (Å²) in [5.74, 6) is -1.23. The van der Waals surface area contributed by atoms with Crippen LogP contribution in [0.15, 0.2) is 42.1 Å². The van der Waals surface area contributed by atoms with Crippen LogP contribution < -0.4 is 4.90 Å². The molecule has 19 heavy (non-hydrogen) atoms. The molecule has 98 valence electrons. The van der Waals surface area contributed by atoms with E-state index in [0.29, 0.717) is 5.69 Å². The fourth-order valence-electron chi connectivity index (χ4n) is 1.73. The van der Waals surface area contributed by atoms with Crippen molar-refractivity contribution in [2.45, 2.75) is 0 Å². The number of hydrogen-bond donors (Lipinski definition) is 0. The van der Waals surface area contributed by atoms with E-state index in [1.807, 2.05) is 0 Å². The van der Waals surface area contributed by atoms with Crippen molar-refractivity contribution in [1.82, 2.24) is 4.90 Å². The van der Waals surface area contributed by atoms with Gasteiger partial charge in [0.25, 0.3) is 5.91 Å². The molecule has 0 saturated carbocycles. The number of methoxy groups -OCH3 is 1. The highest BCUT2D eigenvalue weighted by atomic mass is 16.5. The molecule has 0 radical (unpaired) electrons. The molecule has 1 fully saturated rings. The van der Waals surface area contributed by atoms with Gasteiger partial charge in [-0.1, -0.05) is 18.2 Å². The van der Waals surface area contributed by atoms with Crippen molar-refractivity contribution in [2.75, 3.05) is 19.1 Å². The number of likely N-dealkylation sites (N-methyl/N-ethyl adjacent to an activating group) is 1.